The van der Waals surface area contributed by atoms with Crippen LogP contribution in [0.1, 0.15) is 88.2 Å². The molecule has 2 saturated heterocycles. The van der Waals surface area contributed by atoms with Gasteiger partial charge in [-0.1, -0.05) is 52.0 Å². The lowest BCUT2D eigenvalue weighted by Crippen LogP contribution is -2.51. The third kappa shape index (κ3) is 7.66. The number of likely N-dealkylation sites (tertiary alicyclic amines) is 2. The summed E-state index contributed by atoms with van der Waals surface area (Å²) in [5, 5.41) is 5.40. The minimum absolute atomic E-state index is 0.120. The van der Waals surface area contributed by atoms with Crippen molar-refractivity contribution >= 4 is 35.1 Å². The monoisotopic (exact) mass is 820 g/mol. The summed E-state index contributed by atoms with van der Waals surface area (Å²) in [5.74, 6) is 2.35. The number of fused-ring (bicyclic) bond motifs is 4. The average Bonchev–Trinajstić information content (AvgIpc) is 4.10. The number of hydrogen-bond donors (Lipinski definition) is 4. The van der Waals surface area contributed by atoms with Crippen molar-refractivity contribution in [1.29, 1.82) is 0 Å². The molecule has 0 saturated carbocycles. The summed E-state index contributed by atoms with van der Waals surface area (Å²) in [4.78, 5) is 71.2. The van der Waals surface area contributed by atoms with E-state index in [1.54, 1.807) is 22.2 Å². The fourth-order valence-electron chi connectivity index (χ4n) is 8.76. The number of imidazole rings is 2. The van der Waals surface area contributed by atoms with Crippen molar-refractivity contribution in [2.24, 2.45) is 11.8 Å². The number of benzene rings is 2. The minimum atomic E-state index is -0.705. The van der Waals surface area contributed by atoms with E-state index in [0.717, 1.165) is 82.0 Å². The molecule has 4 aliphatic heterocycles. The molecule has 0 radical (unpaired) electrons. The quantitative estimate of drug-likeness (QED) is 0.142. The molecule has 16 heteroatoms. The van der Waals surface area contributed by atoms with Crippen molar-refractivity contribution in [3.05, 3.63) is 71.6 Å². The van der Waals surface area contributed by atoms with E-state index in [-0.39, 0.29) is 35.7 Å². The number of carbonyl (C=O) groups excluding carboxylic acids is 4. The minimum Gasteiger partial charge on any atom is -0.488 e. The first-order chi connectivity index (χ1) is 28.9. The Labute approximate surface area is 348 Å². The Balaban J connectivity index is 0.971. The molecule has 8 rings (SSSR count). The Hall–Kier alpha value is -6.32. The predicted molar refractivity (Wildman–Crippen MR) is 222 cm³/mol. The molecule has 316 valence electrons. The van der Waals surface area contributed by atoms with Gasteiger partial charge in [0.2, 0.25) is 11.8 Å². The maximum absolute atomic E-state index is 13.6. The van der Waals surface area contributed by atoms with Crippen molar-refractivity contribution in [2.45, 2.75) is 77.5 Å². The van der Waals surface area contributed by atoms with Gasteiger partial charge in [0.05, 0.1) is 50.1 Å². The Kier molecular flexibility index (Phi) is 11.3. The molecule has 2 aromatic heterocycles. The maximum atomic E-state index is 13.6. The lowest BCUT2D eigenvalue weighted by molar-refractivity contribution is -0.136. The second-order valence-corrected chi connectivity index (χ2v) is 16.4. The van der Waals surface area contributed by atoms with Gasteiger partial charge in [0.25, 0.3) is 0 Å². The number of alkyl carbamates (subject to hydrolysis) is 2. The molecule has 4 aromatic rings. The Bertz CT molecular complexity index is 2170. The van der Waals surface area contributed by atoms with Crippen molar-refractivity contribution < 1.29 is 38.1 Å². The normalized spacial score (nSPS) is 19.2. The first-order valence-corrected chi connectivity index (χ1v) is 20.6. The molecule has 0 spiro atoms. The number of methoxy groups -OCH3 is 2. The van der Waals surface area contributed by atoms with E-state index in [9.17, 15) is 19.2 Å². The van der Waals surface area contributed by atoms with Gasteiger partial charge in [-0.3, -0.25) is 9.59 Å². The molecule has 0 unspecified atom stereocenters. The van der Waals surface area contributed by atoms with E-state index < -0.39 is 24.3 Å². The van der Waals surface area contributed by atoms with Crippen LogP contribution in [0.4, 0.5) is 9.59 Å². The van der Waals surface area contributed by atoms with E-state index >= 15 is 0 Å². The molecule has 4 amide bonds. The number of aromatic nitrogens is 4. The van der Waals surface area contributed by atoms with E-state index in [1.165, 1.54) is 14.2 Å². The number of nitrogens with one attached hydrogen (secondary N) is 4. The van der Waals surface area contributed by atoms with Gasteiger partial charge < -0.3 is 49.3 Å². The number of hydrogen-bond acceptors (Lipinski definition) is 10. The standard InChI is InChI=1S/C44H52N8O8/c1-23(2)37(49-43(55)57-5)41(53)51-15-7-9-33(51)39-45-19-31(47-39)25-11-13-27-29-22-60-36-18-26(12-14-28(36)30(29)21-59-35(27)17-25)32-20-46-40(48-32)34-10-8-16-52(34)42(54)38(24(3)4)50-44(56)58-6/h11-14,17-20,23-24,33-34,37-38H,7-10,15-16,21-22H2,1-6H3,(H,45,47)(H,46,48)(H,49,55)(H,50,56)/t33-,34-,37-,38-/m0/s1. The molecule has 4 aliphatic rings. The number of ether oxygens (including phenoxy) is 4. The summed E-state index contributed by atoms with van der Waals surface area (Å²) in [6, 6.07) is 10.3. The molecule has 60 heavy (non-hydrogen) atoms. The SMILES string of the molecule is COC(=O)N[C@H](C(=O)N1CCC[C@H]1c1ncc(-c2ccc3c(c2)OCC2=C3COc3cc(-c4cnc([C@@H]5CCCN5C(=O)[C@@H](NC(=O)OC)C(C)C)[nH]4)ccc32)[nH]1)C(C)C. The summed E-state index contributed by atoms with van der Waals surface area (Å²) < 4.78 is 22.3. The number of H-pyrrole nitrogens is 2. The summed E-state index contributed by atoms with van der Waals surface area (Å²) in [7, 11) is 2.57. The molecule has 0 bridgehead atoms. The van der Waals surface area contributed by atoms with Crippen LogP contribution in [-0.2, 0) is 19.1 Å². The highest BCUT2D eigenvalue weighted by Gasteiger charge is 2.39. The van der Waals surface area contributed by atoms with Gasteiger partial charge in [-0.15, -0.1) is 0 Å². The van der Waals surface area contributed by atoms with Crippen molar-refractivity contribution in [1.82, 2.24) is 40.4 Å². The molecular weight excluding hydrogens is 769 g/mol. The van der Waals surface area contributed by atoms with Crippen LogP contribution in [0.15, 0.2) is 48.8 Å². The van der Waals surface area contributed by atoms with Crippen LogP contribution in [0.25, 0.3) is 33.7 Å². The maximum Gasteiger partial charge on any atom is 0.407 e. The van der Waals surface area contributed by atoms with Crippen molar-refractivity contribution in [2.75, 3.05) is 40.5 Å². The molecule has 16 nitrogen and oxygen atoms in total. The van der Waals surface area contributed by atoms with E-state index in [4.69, 9.17) is 28.9 Å². The van der Waals surface area contributed by atoms with E-state index in [0.29, 0.717) is 38.0 Å². The smallest absolute Gasteiger partial charge is 0.407 e. The zero-order chi connectivity index (χ0) is 42.2. The predicted octanol–water partition coefficient (Wildman–Crippen LogP) is 6.25. The Morgan fingerprint density at radius 2 is 1.10 bits per heavy atom. The Morgan fingerprint density at radius 3 is 1.48 bits per heavy atom. The van der Waals surface area contributed by atoms with Crippen molar-refractivity contribution in [3.8, 4) is 34.0 Å². The molecule has 2 aromatic carbocycles. The molecule has 6 heterocycles. The van der Waals surface area contributed by atoms with E-state index in [1.807, 2.05) is 52.0 Å². The van der Waals surface area contributed by atoms with Gasteiger partial charge in [0.15, 0.2) is 0 Å². The van der Waals surface area contributed by atoms with Gasteiger partial charge in [0.1, 0.15) is 48.4 Å². The molecule has 0 aliphatic carbocycles. The van der Waals surface area contributed by atoms with Crippen LogP contribution in [0.5, 0.6) is 11.5 Å². The fourth-order valence-corrected chi connectivity index (χ4v) is 8.76. The number of carbonyl (C=O) groups is 4. The third-order valence-electron chi connectivity index (χ3n) is 12.0. The van der Waals surface area contributed by atoms with Gasteiger partial charge in [-0.05, 0) is 49.7 Å². The average molecular weight is 821 g/mol. The number of aromatic amines is 2. The number of rotatable bonds is 10. The highest BCUT2D eigenvalue weighted by Crippen LogP contribution is 2.45. The van der Waals surface area contributed by atoms with Crippen molar-refractivity contribution in [3.63, 3.8) is 0 Å². The summed E-state index contributed by atoms with van der Waals surface area (Å²) >= 11 is 0. The van der Waals surface area contributed by atoms with Crippen LogP contribution in [0.2, 0.25) is 0 Å². The summed E-state index contributed by atoms with van der Waals surface area (Å²) in [5.41, 5.74) is 7.52. The van der Waals surface area contributed by atoms with Gasteiger partial charge >= 0.3 is 12.2 Å². The molecule has 2 fully saturated rings. The fraction of sp³-hybridized carbons (Fsp3) is 0.455. The third-order valence-corrected chi connectivity index (χ3v) is 12.0. The lowest BCUT2D eigenvalue weighted by atomic mass is 9.89. The van der Waals surface area contributed by atoms with Crippen LogP contribution < -0.4 is 20.1 Å². The zero-order valence-corrected chi connectivity index (χ0v) is 34.8. The summed E-state index contributed by atoms with van der Waals surface area (Å²) in [6.45, 7) is 9.51. The van der Waals surface area contributed by atoms with Crippen LogP contribution in [0.3, 0.4) is 0 Å². The molecule has 4 atom stereocenters. The first-order valence-electron chi connectivity index (χ1n) is 20.6. The lowest BCUT2D eigenvalue weighted by Gasteiger charge is -2.30. The molecule has 4 N–H and O–H groups in total. The number of amides is 4. The molecular formula is C44H52N8O8. The van der Waals surface area contributed by atoms with Gasteiger partial charge in [-0.2, -0.15) is 0 Å². The largest absolute Gasteiger partial charge is 0.488 e. The van der Waals surface area contributed by atoms with E-state index in [2.05, 4.69) is 32.7 Å². The zero-order valence-electron chi connectivity index (χ0n) is 34.8. The summed E-state index contributed by atoms with van der Waals surface area (Å²) in [6.07, 6.45) is 5.49. The highest BCUT2D eigenvalue weighted by atomic mass is 16.5. The highest BCUT2D eigenvalue weighted by molar-refractivity contribution is 5.98. The van der Waals surface area contributed by atoms with Crippen LogP contribution in [0, 0.1) is 11.8 Å². The van der Waals surface area contributed by atoms with Crippen LogP contribution >= 0.6 is 0 Å². The number of nitrogens with zero attached hydrogens (tertiary/aromatic N) is 4. The second-order valence-electron chi connectivity index (χ2n) is 16.4. The Morgan fingerprint density at radius 1 is 0.683 bits per heavy atom. The van der Waals surface area contributed by atoms with Crippen LogP contribution in [-0.4, -0.2) is 106 Å². The second kappa shape index (κ2) is 16.7. The van der Waals surface area contributed by atoms with Gasteiger partial charge in [0, 0.05) is 46.5 Å². The van der Waals surface area contributed by atoms with Gasteiger partial charge in [-0.25, -0.2) is 19.6 Å². The topological polar surface area (TPSA) is 193 Å². The first kappa shape index (κ1) is 40.5.